The maximum atomic E-state index is 12.0. The predicted molar refractivity (Wildman–Crippen MR) is 88.6 cm³/mol. The molecule has 1 aromatic rings. The zero-order chi connectivity index (χ0) is 18.2. The Bertz CT molecular complexity index is 611. The highest BCUT2D eigenvalue weighted by Gasteiger charge is 2.23. The molecule has 1 aliphatic rings. The number of hydrogen-bond acceptors (Lipinski definition) is 5. The van der Waals surface area contributed by atoms with Crippen LogP contribution in [0.5, 0.6) is 5.75 Å². The van der Waals surface area contributed by atoms with Gasteiger partial charge in [-0.05, 0) is 18.6 Å². The number of nitrogens with zero attached hydrogens (tertiary/aromatic N) is 2. The first kappa shape index (κ1) is 18.5. The molecule has 0 aliphatic carbocycles. The van der Waals surface area contributed by atoms with Gasteiger partial charge < -0.3 is 20.1 Å². The number of piperidine rings is 1. The lowest BCUT2D eigenvalue weighted by Gasteiger charge is -2.32. The monoisotopic (exact) mass is 351 g/mol. The molecule has 1 saturated heterocycles. The van der Waals surface area contributed by atoms with E-state index >= 15 is 0 Å². The van der Waals surface area contributed by atoms with Gasteiger partial charge in [-0.1, -0.05) is 0 Å². The Morgan fingerprint density at radius 3 is 2.48 bits per heavy atom. The van der Waals surface area contributed by atoms with Gasteiger partial charge in [0.2, 0.25) is 0 Å². The zero-order valence-electron chi connectivity index (χ0n) is 13.7. The third kappa shape index (κ3) is 5.94. The number of rotatable bonds is 7. The van der Waals surface area contributed by atoms with E-state index in [0.29, 0.717) is 44.6 Å². The molecule has 0 spiro atoms. The first-order valence-corrected chi connectivity index (χ1v) is 8.11. The minimum Gasteiger partial charge on any atom is -0.490 e. The average molecular weight is 351 g/mol. The lowest BCUT2D eigenvalue weighted by Crippen LogP contribution is -2.46. The number of carboxylic acids is 1. The zero-order valence-corrected chi connectivity index (χ0v) is 13.7. The largest absolute Gasteiger partial charge is 0.490 e. The topological polar surface area (TPSA) is 122 Å². The van der Waals surface area contributed by atoms with Gasteiger partial charge in [-0.15, -0.1) is 0 Å². The van der Waals surface area contributed by atoms with Crippen molar-refractivity contribution >= 4 is 17.7 Å². The second kappa shape index (κ2) is 8.86. The Balaban J connectivity index is 1.71. The number of likely N-dealkylation sites (tertiary alicyclic amines) is 1. The Morgan fingerprint density at radius 1 is 1.28 bits per heavy atom. The van der Waals surface area contributed by atoms with Crippen molar-refractivity contribution in [3.63, 3.8) is 0 Å². The van der Waals surface area contributed by atoms with E-state index in [1.165, 1.54) is 12.1 Å². The normalized spacial score (nSPS) is 14.8. The molecule has 0 unspecified atom stereocenters. The predicted octanol–water partition coefficient (Wildman–Crippen LogP) is 2.01. The molecule has 136 valence electrons. The molecule has 0 radical (unpaired) electrons. The number of nitrogens with one attached hydrogen (secondary N) is 1. The van der Waals surface area contributed by atoms with Gasteiger partial charge in [0, 0.05) is 51.0 Å². The fourth-order valence-corrected chi connectivity index (χ4v) is 2.56. The van der Waals surface area contributed by atoms with Gasteiger partial charge in [0.15, 0.2) is 0 Å². The van der Waals surface area contributed by atoms with Crippen molar-refractivity contribution in [2.75, 3.05) is 19.6 Å². The van der Waals surface area contributed by atoms with Gasteiger partial charge in [0.05, 0.1) is 4.92 Å². The highest BCUT2D eigenvalue weighted by Crippen LogP contribution is 2.22. The summed E-state index contributed by atoms with van der Waals surface area (Å²) in [5, 5.41) is 21.9. The number of benzene rings is 1. The van der Waals surface area contributed by atoms with Crippen LogP contribution in [0.4, 0.5) is 10.5 Å². The molecule has 2 N–H and O–H groups in total. The van der Waals surface area contributed by atoms with Gasteiger partial charge in [-0.25, -0.2) is 4.79 Å². The van der Waals surface area contributed by atoms with E-state index in [4.69, 9.17) is 9.84 Å². The Morgan fingerprint density at radius 2 is 1.92 bits per heavy atom. The Kier molecular flexibility index (Phi) is 6.55. The molecule has 0 aromatic heterocycles. The van der Waals surface area contributed by atoms with E-state index in [1.807, 2.05) is 0 Å². The number of carboxylic acid groups (broad SMARTS) is 1. The van der Waals surface area contributed by atoms with Crippen LogP contribution in [-0.4, -0.2) is 52.7 Å². The van der Waals surface area contributed by atoms with Crippen LogP contribution in [-0.2, 0) is 4.79 Å². The maximum absolute atomic E-state index is 12.0. The molecule has 25 heavy (non-hydrogen) atoms. The number of carbonyl (C=O) groups is 2. The summed E-state index contributed by atoms with van der Waals surface area (Å²) in [6.45, 7) is 1.43. The molecule has 1 heterocycles. The number of ether oxygens (including phenoxy) is 1. The molecule has 2 amide bonds. The SMILES string of the molecule is O=C(O)CCCNC(=O)N1CCC(Oc2ccc([N+](=O)[O-])cc2)CC1. The van der Waals surface area contributed by atoms with Crippen molar-refractivity contribution < 1.29 is 24.4 Å². The lowest BCUT2D eigenvalue weighted by atomic mass is 10.1. The van der Waals surface area contributed by atoms with Gasteiger partial charge >= 0.3 is 12.0 Å². The first-order valence-electron chi connectivity index (χ1n) is 8.11. The van der Waals surface area contributed by atoms with Crippen LogP contribution in [0.3, 0.4) is 0 Å². The first-order chi connectivity index (χ1) is 12.0. The van der Waals surface area contributed by atoms with Gasteiger partial charge in [-0.2, -0.15) is 0 Å². The second-order valence-corrected chi connectivity index (χ2v) is 5.78. The highest BCUT2D eigenvalue weighted by atomic mass is 16.6. The fourth-order valence-electron chi connectivity index (χ4n) is 2.56. The lowest BCUT2D eigenvalue weighted by molar-refractivity contribution is -0.384. The summed E-state index contributed by atoms with van der Waals surface area (Å²) < 4.78 is 5.80. The van der Waals surface area contributed by atoms with Crippen LogP contribution in [0.2, 0.25) is 0 Å². The molecule has 2 rings (SSSR count). The summed E-state index contributed by atoms with van der Waals surface area (Å²) in [6.07, 6.45) is 1.73. The minimum atomic E-state index is -0.876. The third-order valence-corrected chi connectivity index (χ3v) is 3.92. The van der Waals surface area contributed by atoms with E-state index in [0.717, 1.165) is 0 Å². The van der Waals surface area contributed by atoms with Crippen molar-refractivity contribution in [1.29, 1.82) is 0 Å². The van der Waals surface area contributed by atoms with Crippen LogP contribution in [0.1, 0.15) is 25.7 Å². The summed E-state index contributed by atoms with van der Waals surface area (Å²) in [4.78, 5) is 34.2. The van der Waals surface area contributed by atoms with E-state index in [1.54, 1.807) is 17.0 Å². The molecular formula is C16H21N3O6. The molecule has 0 bridgehead atoms. The number of nitro benzene ring substituents is 1. The van der Waals surface area contributed by atoms with E-state index in [9.17, 15) is 19.7 Å². The average Bonchev–Trinajstić information content (AvgIpc) is 2.59. The summed E-state index contributed by atoms with van der Waals surface area (Å²) in [5.74, 6) is -0.305. The van der Waals surface area contributed by atoms with E-state index in [-0.39, 0.29) is 24.2 Å². The molecular weight excluding hydrogens is 330 g/mol. The van der Waals surface area contributed by atoms with Crippen molar-refractivity contribution in [3.05, 3.63) is 34.4 Å². The number of urea groups is 1. The summed E-state index contributed by atoms with van der Waals surface area (Å²) in [7, 11) is 0. The third-order valence-electron chi connectivity index (χ3n) is 3.92. The number of nitro groups is 1. The number of aliphatic carboxylic acids is 1. The van der Waals surface area contributed by atoms with Crippen molar-refractivity contribution in [3.8, 4) is 5.75 Å². The smallest absolute Gasteiger partial charge is 0.317 e. The molecule has 1 aromatic carbocycles. The second-order valence-electron chi connectivity index (χ2n) is 5.78. The minimum absolute atomic E-state index is 0.0155. The molecule has 0 atom stereocenters. The van der Waals surface area contributed by atoms with E-state index < -0.39 is 10.9 Å². The molecule has 0 saturated carbocycles. The number of non-ortho nitro benzene ring substituents is 1. The van der Waals surface area contributed by atoms with Crippen LogP contribution in [0, 0.1) is 10.1 Å². The van der Waals surface area contributed by atoms with Crippen LogP contribution in [0.15, 0.2) is 24.3 Å². The van der Waals surface area contributed by atoms with Crippen molar-refractivity contribution in [1.82, 2.24) is 10.2 Å². The van der Waals surface area contributed by atoms with Crippen LogP contribution in [0.25, 0.3) is 0 Å². The Labute approximate surface area is 144 Å². The maximum Gasteiger partial charge on any atom is 0.317 e. The van der Waals surface area contributed by atoms with Gasteiger partial charge in [-0.3, -0.25) is 14.9 Å². The Hall–Kier alpha value is -2.84. The standard InChI is InChI=1S/C16H21N3O6/c20-15(21)2-1-9-17-16(22)18-10-7-14(8-11-18)25-13-5-3-12(4-6-13)19(23)24/h3-6,14H,1-2,7-11H2,(H,17,22)(H,20,21). The van der Waals surface area contributed by atoms with Crippen molar-refractivity contribution in [2.24, 2.45) is 0 Å². The molecule has 9 heteroatoms. The summed E-state index contributed by atoms with van der Waals surface area (Å²) in [5.41, 5.74) is 0.0155. The van der Waals surface area contributed by atoms with Gasteiger partial charge in [0.25, 0.3) is 5.69 Å². The highest BCUT2D eigenvalue weighted by molar-refractivity contribution is 5.74. The summed E-state index contributed by atoms with van der Waals surface area (Å²) >= 11 is 0. The van der Waals surface area contributed by atoms with Crippen LogP contribution >= 0.6 is 0 Å². The molecule has 1 aliphatic heterocycles. The van der Waals surface area contributed by atoms with Crippen LogP contribution < -0.4 is 10.1 Å². The fraction of sp³-hybridized carbons (Fsp3) is 0.500. The summed E-state index contributed by atoms with van der Waals surface area (Å²) in [6, 6.07) is 5.74. The quantitative estimate of drug-likeness (QED) is 0.440. The molecule has 9 nitrogen and oxygen atoms in total. The molecule has 1 fully saturated rings. The van der Waals surface area contributed by atoms with Gasteiger partial charge in [0.1, 0.15) is 11.9 Å². The van der Waals surface area contributed by atoms with E-state index in [2.05, 4.69) is 5.32 Å². The number of carbonyl (C=O) groups excluding carboxylic acids is 1. The number of hydrogen-bond donors (Lipinski definition) is 2. The van der Waals surface area contributed by atoms with Crippen molar-refractivity contribution in [2.45, 2.75) is 31.8 Å². The number of amides is 2.